The van der Waals surface area contributed by atoms with Gasteiger partial charge in [0.05, 0.1) is 27.2 Å². The average molecular weight is 366 g/mol. The number of aliphatic carboxylic acids is 1. The molecule has 1 fully saturated rings. The minimum atomic E-state index is -0.865. The fraction of sp³-hybridized carbons (Fsp3) is 0.556. The maximum absolute atomic E-state index is 12.5. The van der Waals surface area contributed by atoms with Crippen LogP contribution in [0.2, 0.25) is 0 Å². The van der Waals surface area contributed by atoms with E-state index in [9.17, 15) is 14.7 Å². The van der Waals surface area contributed by atoms with Crippen LogP contribution in [-0.2, 0) is 11.3 Å². The monoisotopic (exact) mass is 366 g/mol. The molecule has 2 rings (SSSR count). The molecular formula is C18H26N2O6. The summed E-state index contributed by atoms with van der Waals surface area (Å²) in [6.07, 6.45) is 0.586. The highest BCUT2D eigenvalue weighted by molar-refractivity contribution is 5.76. The Morgan fingerprint density at radius 1 is 1.15 bits per heavy atom. The fourth-order valence-electron chi connectivity index (χ4n) is 3.28. The third-order valence-corrected chi connectivity index (χ3v) is 4.51. The summed E-state index contributed by atoms with van der Waals surface area (Å²) in [4.78, 5) is 25.3. The Hall–Kier alpha value is -2.64. The van der Waals surface area contributed by atoms with Gasteiger partial charge >= 0.3 is 12.0 Å². The van der Waals surface area contributed by atoms with E-state index in [-0.39, 0.29) is 25.0 Å². The van der Waals surface area contributed by atoms with Gasteiger partial charge in [-0.1, -0.05) is 6.92 Å². The number of carbonyl (C=O) groups excluding carboxylic acids is 1. The van der Waals surface area contributed by atoms with E-state index < -0.39 is 11.9 Å². The van der Waals surface area contributed by atoms with Crippen LogP contribution in [0.15, 0.2) is 12.1 Å². The molecular weight excluding hydrogens is 340 g/mol. The molecule has 2 unspecified atom stereocenters. The number of urea groups is 1. The quantitative estimate of drug-likeness (QED) is 0.799. The molecule has 2 atom stereocenters. The van der Waals surface area contributed by atoms with E-state index in [1.165, 1.54) is 21.3 Å². The molecule has 1 aromatic rings. The lowest BCUT2D eigenvalue weighted by atomic mass is 9.91. The van der Waals surface area contributed by atoms with Gasteiger partial charge in [-0.15, -0.1) is 0 Å². The smallest absolute Gasteiger partial charge is 0.317 e. The Bertz CT molecular complexity index is 663. The summed E-state index contributed by atoms with van der Waals surface area (Å²) in [6.45, 7) is 2.94. The second-order valence-corrected chi connectivity index (χ2v) is 6.43. The molecule has 0 aliphatic carbocycles. The number of rotatable bonds is 6. The Morgan fingerprint density at radius 3 is 2.42 bits per heavy atom. The van der Waals surface area contributed by atoms with Gasteiger partial charge in [0.2, 0.25) is 5.75 Å². The zero-order chi connectivity index (χ0) is 19.3. The first-order valence-electron chi connectivity index (χ1n) is 8.44. The van der Waals surface area contributed by atoms with Crippen LogP contribution >= 0.6 is 0 Å². The first-order chi connectivity index (χ1) is 12.4. The summed E-state index contributed by atoms with van der Waals surface area (Å²) >= 11 is 0. The minimum absolute atomic E-state index is 0.145. The number of benzene rings is 1. The van der Waals surface area contributed by atoms with Crippen LogP contribution in [0.25, 0.3) is 0 Å². The van der Waals surface area contributed by atoms with Crippen LogP contribution in [-0.4, -0.2) is 56.4 Å². The van der Waals surface area contributed by atoms with Crippen molar-refractivity contribution >= 4 is 12.0 Å². The number of carboxylic acid groups (broad SMARTS) is 1. The van der Waals surface area contributed by atoms with Crippen molar-refractivity contribution in [1.82, 2.24) is 10.2 Å². The first-order valence-corrected chi connectivity index (χ1v) is 8.44. The third-order valence-electron chi connectivity index (χ3n) is 4.51. The van der Waals surface area contributed by atoms with Crippen molar-refractivity contribution < 1.29 is 28.9 Å². The summed E-state index contributed by atoms with van der Waals surface area (Å²) in [7, 11) is 4.57. The Labute approximate surface area is 153 Å². The molecule has 2 N–H and O–H groups in total. The number of nitrogens with zero attached hydrogens (tertiary/aromatic N) is 1. The van der Waals surface area contributed by atoms with E-state index in [4.69, 9.17) is 14.2 Å². The van der Waals surface area contributed by atoms with Gasteiger partial charge in [-0.3, -0.25) is 4.79 Å². The van der Waals surface area contributed by atoms with Crippen molar-refractivity contribution in [3.8, 4) is 17.2 Å². The second-order valence-electron chi connectivity index (χ2n) is 6.43. The first kappa shape index (κ1) is 19.7. The van der Waals surface area contributed by atoms with Gasteiger partial charge in [0, 0.05) is 25.2 Å². The van der Waals surface area contributed by atoms with Crippen molar-refractivity contribution in [1.29, 1.82) is 0 Å². The number of hydrogen-bond donors (Lipinski definition) is 2. The van der Waals surface area contributed by atoms with Crippen LogP contribution in [0, 0.1) is 11.8 Å². The number of piperidine rings is 1. The van der Waals surface area contributed by atoms with Gasteiger partial charge in [0.1, 0.15) is 0 Å². The maximum atomic E-state index is 12.5. The van der Waals surface area contributed by atoms with Gasteiger partial charge in [0.25, 0.3) is 0 Å². The maximum Gasteiger partial charge on any atom is 0.317 e. The van der Waals surface area contributed by atoms with Crippen molar-refractivity contribution in [2.75, 3.05) is 34.4 Å². The molecule has 0 aromatic heterocycles. The largest absolute Gasteiger partial charge is 0.493 e. The van der Waals surface area contributed by atoms with Crippen LogP contribution in [0.1, 0.15) is 18.9 Å². The van der Waals surface area contributed by atoms with E-state index in [1.807, 2.05) is 6.92 Å². The van der Waals surface area contributed by atoms with E-state index in [1.54, 1.807) is 17.0 Å². The van der Waals surface area contributed by atoms with Crippen molar-refractivity contribution in [2.45, 2.75) is 19.9 Å². The second kappa shape index (κ2) is 8.64. The lowest BCUT2D eigenvalue weighted by Crippen LogP contribution is -2.49. The fourth-order valence-corrected chi connectivity index (χ4v) is 3.28. The van der Waals surface area contributed by atoms with Crippen molar-refractivity contribution in [3.63, 3.8) is 0 Å². The Kier molecular flexibility index (Phi) is 6.54. The van der Waals surface area contributed by atoms with E-state index >= 15 is 0 Å². The summed E-state index contributed by atoms with van der Waals surface area (Å²) in [5.41, 5.74) is 0.735. The number of ether oxygens (including phenoxy) is 3. The number of amides is 2. The molecule has 1 saturated heterocycles. The predicted molar refractivity (Wildman–Crippen MR) is 94.8 cm³/mol. The number of hydrogen-bond acceptors (Lipinski definition) is 5. The zero-order valence-electron chi connectivity index (χ0n) is 15.6. The Balaban J connectivity index is 2.08. The van der Waals surface area contributed by atoms with Gasteiger partial charge in [-0.05, 0) is 24.5 Å². The molecule has 0 radical (unpaired) electrons. The lowest BCUT2D eigenvalue weighted by Gasteiger charge is -2.34. The number of methoxy groups -OCH3 is 3. The zero-order valence-corrected chi connectivity index (χ0v) is 15.6. The summed E-state index contributed by atoms with van der Waals surface area (Å²) < 4.78 is 16.0. The van der Waals surface area contributed by atoms with Crippen LogP contribution < -0.4 is 19.5 Å². The van der Waals surface area contributed by atoms with E-state index in [2.05, 4.69) is 5.32 Å². The standard InChI is InChI=1S/C18H26N2O6/c1-11-7-13(17(21)22)10-20(9-11)18(23)19-8-12-5-6-14(24-2)16(26-4)15(12)25-3/h5-6,11,13H,7-10H2,1-4H3,(H,19,23)(H,21,22). The molecule has 1 aliphatic heterocycles. The average Bonchev–Trinajstić information content (AvgIpc) is 2.64. The number of likely N-dealkylation sites (tertiary alicyclic amines) is 1. The third kappa shape index (κ3) is 4.30. The molecule has 8 heteroatoms. The molecule has 8 nitrogen and oxygen atoms in total. The van der Waals surface area contributed by atoms with Crippen LogP contribution in [0.5, 0.6) is 17.2 Å². The lowest BCUT2D eigenvalue weighted by molar-refractivity contribution is -0.143. The molecule has 1 aromatic carbocycles. The van der Waals surface area contributed by atoms with E-state index in [0.717, 1.165) is 5.56 Å². The number of carbonyl (C=O) groups is 2. The molecule has 1 heterocycles. The molecule has 0 spiro atoms. The predicted octanol–water partition coefficient (Wildman–Crippen LogP) is 1.96. The van der Waals surface area contributed by atoms with Crippen LogP contribution in [0.4, 0.5) is 4.79 Å². The minimum Gasteiger partial charge on any atom is -0.493 e. The normalized spacial score (nSPS) is 19.6. The van der Waals surface area contributed by atoms with Gasteiger partial charge < -0.3 is 29.5 Å². The molecule has 0 bridgehead atoms. The molecule has 1 aliphatic rings. The molecule has 26 heavy (non-hydrogen) atoms. The SMILES string of the molecule is COc1ccc(CNC(=O)N2CC(C)CC(C(=O)O)C2)c(OC)c1OC. The van der Waals surface area contributed by atoms with Gasteiger partial charge in [-0.25, -0.2) is 4.79 Å². The van der Waals surface area contributed by atoms with Gasteiger partial charge in [0.15, 0.2) is 11.5 Å². The highest BCUT2D eigenvalue weighted by atomic mass is 16.5. The highest BCUT2D eigenvalue weighted by Gasteiger charge is 2.31. The molecule has 2 amide bonds. The van der Waals surface area contributed by atoms with E-state index in [0.29, 0.717) is 30.2 Å². The van der Waals surface area contributed by atoms with Gasteiger partial charge in [-0.2, -0.15) is 0 Å². The molecule has 144 valence electrons. The summed E-state index contributed by atoms with van der Waals surface area (Å²) in [5.74, 6) is 0.234. The van der Waals surface area contributed by atoms with Crippen molar-refractivity contribution in [2.24, 2.45) is 11.8 Å². The summed E-state index contributed by atoms with van der Waals surface area (Å²) in [5, 5.41) is 12.1. The summed E-state index contributed by atoms with van der Waals surface area (Å²) in [6, 6.07) is 3.24. The topological polar surface area (TPSA) is 97.3 Å². The van der Waals surface area contributed by atoms with Crippen molar-refractivity contribution in [3.05, 3.63) is 17.7 Å². The highest BCUT2D eigenvalue weighted by Crippen LogP contribution is 2.39. The number of nitrogens with one attached hydrogen (secondary N) is 1. The number of carboxylic acids is 1. The Morgan fingerprint density at radius 2 is 1.85 bits per heavy atom. The van der Waals surface area contributed by atoms with Crippen LogP contribution in [0.3, 0.4) is 0 Å². The molecule has 0 saturated carbocycles.